The summed E-state index contributed by atoms with van der Waals surface area (Å²) in [5.41, 5.74) is 0.939. The van der Waals surface area contributed by atoms with Gasteiger partial charge in [-0.15, -0.1) is 0 Å². The molecule has 1 aliphatic heterocycles. The van der Waals surface area contributed by atoms with E-state index in [1.165, 1.54) is 6.92 Å². The highest BCUT2D eigenvalue weighted by Gasteiger charge is 2.26. The number of amides is 2. The van der Waals surface area contributed by atoms with Crippen LogP contribution < -0.4 is 10.6 Å². The average molecular weight is 368 g/mol. The lowest BCUT2D eigenvalue weighted by molar-refractivity contribution is -0.134. The van der Waals surface area contributed by atoms with Gasteiger partial charge in [0.05, 0.1) is 12.5 Å². The van der Waals surface area contributed by atoms with Gasteiger partial charge in [0.2, 0.25) is 11.8 Å². The fraction of sp³-hybridized carbons (Fsp3) is 0.500. The first-order valence-corrected chi connectivity index (χ1v) is 8.29. The third-order valence-electron chi connectivity index (χ3n) is 3.85. The molecule has 22 heavy (non-hydrogen) atoms. The fourth-order valence-corrected chi connectivity index (χ4v) is 2.96. The van der Waals surface area contributed by atoms with Crippen molar-refractivity contribution in [3.8, 4) is 0 Å². The van der Waals surface area contributed by atoms with E-state index in [1.807, 2.05) is 36.1 Å². The van der Waals surface area contributed by atoms with Gasteiger partial charge in [-0.2, -0.15) is 0 Å². The molecule has 6 heteroatoms. The topological polar surface area (TPSA) is 61.4 Å². The monoisotopic (exact) mass is 367 g/mol. The number of carbonyl (C=O) groups excluding carboxylic acids is 2. The summed E-state index contributed by atoms with van der Waals surface area (Å²) in [5, 5.41) is 6.16. The van der Waals surface area contributed by atoms with E-state index < -0.39 is 0 Å². The maximum Gasteiger partial charge on any atom is 0.225 e. The van der Waals surface area contributed by atoms with Crippen LogP contribution >= 0.6 is 15.9 Å². The molecule has 0 saturated carbocycles. The van der Waals surface area contributed by atoms with Crippen molar-refractivity contribution in [3.05, 3.63) is 34.3 Å². The van der Waals surface area contributed by atoms with Crippen molar-refractivity contribution < 1.29 is 9.59 Å². The van der Waals surface area contributed by atoms with Crippen molar-refractivity contribution in [3.63, 3.8) is 0 Å². The van der Waals surface area contributed by atoms with E-state index in [0.717, 1.165) is 23.1 Å². The van der Waals surface area contributed by atoms with Gasteiger partial charge in [-0.05, 0) is 24.6 Å². The fourth-order valence-electron chi connectivity index (χ4n) is 2.70. The first kappa shape index (κ1) is 17.0. The Kier molecular flexibility index (Phi) is 5.97. The van der Waals surface area contributed by atoms with Crippen LogP contribution in [0.5, 0.6) is 0 Å². The second-order valence-corrected chi connectivity index (χ2v) is 6.56. The SMILES string of the molecule is CC(=O)N[C@@H](CC(=O)N1CCNC[C@H]1C)c1ccc(Br)cc1. The number of piperazine rings is 1. The van der Waals surface area contributed by atoms with E-state index in [2.05, 4.69) is 26.6 Å². The van der Waals surface area contributed by atoms with Crippen molar-refractivity contribution in [1.82, 2.24) is 15.5 Å². The van der Waals surface area contributed by atoms with E-state index >= 15 is 0 Å². The molecule has 1 fully saturated rings. The summed E-state index contributed by atoms with van der Waals surface area (Å²) in [7, 11) is 0. The molecule has 0 radical (unpaired) electrons. The molecular formula is C16H22BrN3O2. The highest BCUT2D eigenvalue weighted by molar-refractivity contribution is 9.10. The number of hydrogen-bond donors (Lipinski definition) is 2. The molecule has 1 heterocycles. The molecule has 0 bridgehead atoms. The Morgan fingerprint density at radius 1 is 1.41 bits per heavy atom. The van der Waals surface area contributed by atoms with Crippen LogP contribution in [0.15, 0.2) is 28.7 Å². The maximum absolute atomic E-state index is 12.6. The van der Waals surface area contributed by atoms with E-state index in [4.69, 9.17) is 0 Å². The average Bonchev–Trinajstić information content (AvgIpc) is 2.47. The molecule has 0 aliphatic carbocycles. The molecule has 1 saturated heterocycles. The van der Waals surface area contributed by atoms with Crippen LogP contribution in [0.25, 0.3) is 0 Å². The standard InChI is InChI=1S/C16H22BrN3O2/c1-11-10-18-7-8-20(11)16(22)9-15(19-12(2)21)13-3-5-14(17)6-4-13/h3-6,11,15,18H,7-10H2,1-2H3,(H,19,21)/t11-,15+/m1/s1. The number of halogens is 1. The summed E-state index contributed by atoms with van der Waals surface area (Å²) in [6.07, 6.45) is 0.283. The molecule has 1 aliphatic rings. The Hall–Kier alpha value is -1.40. The van der Waals surface area contributed by atoms with Crippen LogP contribution in [0, 0.1) is 0 Å². The van der Waals surface area contributed by atoms with E-state index in [-0.39, 0.29) is 30.3 Å². The second-order valence-electron chi connectivity index (χ2n) is 5.65. The smallest absolute Gasteiger partial charge is 0.225 e. The van der Waals surface area contributed by atoms with Crippen molar-refractivity contribution in [1.29, 1.82) is 0 Å². The minimum Gasteiger partial charge on any atom is -0.349 e. The second kappa shape index (κ2) is 7.74. The summed E-state index contributed by atoms with van der Waals surface area (Å²) < 4.78 is 0.972. The number of nitrogens with zero attached hydrogens (tertiary/aromatic N) is 1. The molecular weight excluding hydrogens is 346 g/mol. The Labute approximate surface area is 139 Å². The van der Waals surface area contributed by atoms with Gasteiger partial charge in [0, 0.05) is 37.1 Å². The molecule has 1 aromatic rings. The lowest BCUT2D eigenvalue weighted by atomic mass is 10.0. The number of carbonyl (C=O) groups is 2. The molecule has 5 nitrogen and oxygen atoms in total. The lowest BCUT2D eigenvalue weighted by Gasteiger charge is -2.35. The zero-order valence-corrected chi connectivity index (χ0v) is 14.5. The van der Waals surface area contributed by atoms with Gasteiger partial charge < -0.3 is 15.5 Å². The Balaban J connectivity index is 2.10. The summed E-state index contributed by atoms with van der Waals surface area (Å²) in [6.45, 7) is 5.86. The summed E-state index contributed by atoms with van der Waals surface area (Å²) in [6, 6.07) is 7.59. The van der Waals surface area contributed by atoms with Gasteiger partial charge >= 0.3 is 0 Å². The van der Waals surface area contributed by atoms with E-state index in [0.29, 0.717) is 6.54 Å². The lowest BCUT2D eigenvalue weighted by Crippen LogP contribution is -2.52. The first-order chi connectivity index (χ1) is 10.5. The van der Waals surface area contributed by atoms with Crippen LogP contribution in [0.2, 0.25) is 0 Å². The minimum atomic E-state index is -0.291. The highest BCUT2D eigenvalue weighted by Crippen LogP contribution is 2.21. The van der Waals surface area contributed by atoms with Crippen molar-refractivity contribution >= 4 is 27.7 Å². The van der Waals surface area contributed by atoms with Crippen LogP contribution in [-0.4, -0.2) is 42.4 Å². The van der Waals surface area contributed by atoms with Crippen LogP contribution in [0.4, 0.5) is 0 Å². The largest absolute Gasteiger partial charge is 0.349 e. The minimum absolute atomic E-state index is 0.0793. The summed E-state index contributed by atoms with van der Waals surface area (Å²) >= 11 is 3.40. The Morgan fingerprint density at radius 2 is 2.09 bits per heavy atom. The third-order valence-corrected chi connectivity index (χ3v) is 4.38. The number of hydrogen-bond acceptors (Lipinski definition) is 3. The third kappa shape index (κ3) is 4.55. The Morgan fingerprint density at radius 3 is 2.68 bits per heavy atom. The van der Waals surface area contributed by atoms with Crippen molar-refractivity contribution in [2.24, 2.45) is 0 Å². The van der Waals surface area contributed by atoms with Gasteiger partial charge in [-0.25, -0.2) is 0 Å². The van der Waals surface area contributed by atoms with E-state index in [9.17, 15) is 9.59 Å². The maximum atomic E-state index is 12.6. The van der Waals surface area contributed by atoms with Crippen molar-refractivity contribution in [2.75, 3.05) is 19.6 Å². The highest BCUT2D eigenvalue weighted by atomic mass is 79.9. The quantitative estimate of drug-likeness (QED) is 0.853. The molecule has 1 aromatic carbocycles. The zero-order chi connectivity index (χ0) is 16.1. The predicted octanol–water partition coefficient (Wildman–Crippen LogP) is 1.84. The van der Waals surface area contributed by atoms with Crippen molar-refractivity contribution in [2.45, 2.75) is 32.4 Å². The number of rotatable bonds is 4. The van der Waals surface area contributed by atoms with E-state index in [1.54, 1.807) is 0 Å². The van der Waals surface area contributed by atoms with Gasteiger partial charge in [0.1, 0.15) is 0 Å². The van der Waals surface area contributed by atoms with Gasteiger partial charge in [-0.1, -0.05) is 28.1 Å². The first-order valence-electron chi connectivity index (χ1n) is 7.50. The van der Waals surface area contributed by atoms with Gasteiger partial charge in [0.15, 0.2) is 0 Å². The summed E-state index contributed by atoms with van der Waals surface area (Å²) in [5.74, 6) is -0.0512. The molecule has 0 spiro atoms. The molecule has 2 amide bonds. The van der Waals surface area contributed by atoms with Gasteiger partial charge in [0.25, 0.3) is 0 Å². The van der Waals surface area contributed by atoms with Crippen LogP contribution in [-0.2, 0) is 9.59 Å². The van der Waals surface area contributed by atoms with Gasteiger partial charge in [-0.3, -0.25) is 9.59 Å². The molecule has 120 valence electrons. The number of nitrogens with one attached hydrogen (secondary N) is 2. The zero-order valence-electron chi connectivity index (χ0n) is 12.9. The molecule has 2 atom stereocenters. The predicted molar refractivity (Wildman–Crippen MR) is 89.4 cm³/mol. The normalized spacial score (nSPS) is 19.6. The summed E-state index contributed by atoms with van der Waals surface area (Å²) in [4.78, 5) is 25.9. The molecule has 2 N–H and O–H groups in total. The van der Waals surface area contributed by atoms with Crippen LogP contribution in [0.1, 0.15) is 31.9 Å². The Bertz CT molecular complexity index is 533. The molecule has 0 aromatic heterocycles. The molecule has 0 unspecified atom stereocenters. The number of benzene rings is 1. The molecule has 2 rings (SSSR count). The van der Waals surface area contributed by atoms with Crippen LogP contribution in [0.3, 0.4) is 0 Å².